The third kappa shape index (κ3) is 12.9. The third-order valence-electron chi connectivity index (χ3n) is 8.18. The van der Waals surface area contributed by atoms with Gasteiger partial charge in [-0.25, -0.2) is 13.8 Å². The Balaban J connectivity index is 1.33. The van der Waals surface area contributed by atoms with Gasteiger partial charge in [-0.1, -0.05) is 29.3 Å². The predicted molar refractivity (Wildman–Crippen MR) is 197 cm³/mol. The predicted octanol–water partition coefficient (Wildman–Crippen LogP) is 7.54. The number of carbonyl (C=O) groups is 3. The Bertz CT molecular complexity index is 1870. The first kappa shape index (κ1) is 41.9. The van der Waals surface area contributed by atoms with E-state index >= 15 is 0 Å². The molecule has 1 heterocycles. The topological polar surface area (TPSA) is 160 Å². The molecule has 18 heteroatoms. The fourth-order valence-corrected chi connectivity index (χ4v) is 6.19. The van der Waals surface area contributed by atoms with Crippen LogP contribution in [0.15, 0.2) is 48.8 Å². The molecule has 2 aromatic carbocycles. The Morgan fingerprint density at radius 3 is 2.15 bits per heavy atom. The molecule has 55 heavy (non-hydrogen) atoms. The van der Waals surface area contributed by atoms with Crippen molar-refractivity contribution < 1.29 is 60.3 Å². The summed E-state index contributed by atoms with van der Waals surface area (Å²) in [6.45, 7) is 0.949. The normalized spacial score (nSPS) is 15.1. The van der Waals surface area contributed by atoms with E-state index in [1.165, 1.54) is 48.8 Å². The van der Waals surface area contributed by atoms with Gasteiger partial charge in [-0.15, -0.1) is 0 Å². The molecule has 2 atom stereocenters. The van der Waals surface area contributed by atoms with Crippen LogP contribution in [0.2, 0.25) is 10.0 Å². The highest BCUT2D eigenvalue weighted by Crippen LogP contribution is 2.38. The van der Waals surface area contributed by atoms with Gasteiger partial charge in [0.2, 0.25) is 0 Å². The van der Waals surface area contributed by atoms with Gasteiger partial charge in [0.1, 0.15) is 24.0 Å². The summed E-state index contributed by atoms with van der Waals surface area (Å²) >= 11 is 10.1. The minimum Gasteiger partial charge on any atom is -0.491 e. The smallest absolute Gasteiger partial charge is 0.387 e. The number of nitrogens with zero attached hydrogens (tertiary/aromatic N) is 2. The number of hydrogen-bond acceptors (Lipinski definition) is 11. The fraction of sp³-hybridized carbons (Fsp3) is 0.459. The number of alkyl halides is 2. The average Bonchev–Trinajstić information content (AvgIpc) is 4.05. The Morgan fingerprint density at radius 2 is 1.56 bits per heavy atom. The minimum absolute atomic E-state index is 0.0157. The van der Waals surface area contributed by atoms with E-state index in [2.05, 4.69) is 9.72 Å². The molecule has 2 aliphatic rings. The van der Waals surface area contributed by atoms with Gasteiger partial charge in [-0.3, -0.25) is 18.6 Å². The second kappa shape index (κ2) is 18.6. The molecule has 5 rings (SSSR count). The molecule has 1 aromatic heterocycles. The van der Waals surface area contributed by atoms with Crippen molar-refractivity contribution in [3.8, 4) is 17.2 Å². The van der Waals surface area contributed by atoms with Gasteiger partial charge in [0.25, 0.3) is 11.3 Å². The van der Waals surface area contributed by atoms with Gasteiger partial charge in [0.15, 0.2) is 18.1 Å². The second-order valence-electron chi connectivity index (χ2n) is 14.0. The van der Waals surface area contributed by atoms with Crippen LogP contribution >= 0.6 is 23.2 Å². The van der Waals surface area contributed by atoms with E-state index in [1.54, 1.807) is 20.8 Å². The van der Waals surface area contributed by atoms with Crippen LogP contribution in [0, 0.1) is 11.8 Å². The number of anilines is 1. The molecule has 0 aliphatic heterocycles. The maximum Gasteiger partial charge on any atom is 0.387 e. The van der Waals surface area contributed by atoms with Crippen LogP contribution in [-0.4, -0.2) is 70.2 Å². The van der Waals surface area contributed by atoms with Crippen LogP contribution < -0.4 is 18.5 Å². The SMILES string of the molecule is CC(C)(C)OC(=O)CN(c1ccc(C(=O)OCC(=O)OC(Cc2c(Cl)cncc2Cl)c2ccc(OC(F)F)c(OCC3CC3)c2)cc1OCC1CC1)S(=O)O. The van der Waals surface area contributed by atoms with E-state index in [1.807, 2.05) is 0 Å². The van der Waals surface area contributed by atoms with Crippen LogP contribution in [0.3, 0.4) is 0 Å². The summed E-state index contributed by atoms with van der Waals surface area (Å²) in [5.41, 5.74) is -0.166. The number of benzene rings is 2. The Hall–Kier alpha value is -4.25. The first-order valence-corrected chi connectivity index (χ1v) is 19.1. The lowest BCUT2D eigenvalue weighted by molar-refractivity contribution is -0.153. The quantitative estimate of drug-likeness (QED) is 0.0720. The van der Waals surface area contributed by atoms with Gasteiger partial charge in [-0.05, 0) is 99.7 Å². The molecular formula is C37H40Cl2F2N2O11S. The zero-order valence-electron chi connectivity index (χ0n) is 30.1. The fourth-order valence-electron chi connectivity index (χ4n) is 5.14. The molecule has 13 nitrogen and oxygen atoms in total. The van der Waals surface area contributed by atoms with Gasteiger partial charge >= 0.3 is 24.5 Å². The lowest BCUT2D eigenvalue weighted by Gasteiger charge is -2.25. The molecule has 3 aromatic rings. The zero-order valence-corrected chi connectivity index (χ0v) is 32.5. The highest BCUT2D eigenvalue weighted by Gasteiger charge is 2.29. The molecular weight excluding hydrogens is 789 g/mol. The van der Waals surface area contributed by atoms with Crippen molar-refractivity contribution in [1.29, 1.82) is 0 Å². The molecule has 2 saturated carbocycles. The van der Waals surface area contributed by atoms with E-state index in [0.29, 0.717) is 11.1 Å². The number of carbonyl (C=O) groups excluding carboxylic acids is 3. The Morgan fingerprint density at radius 1 is 0.927 bits per heavy atom. The Kier molecular flexibility index (Phi) is 14.2. The van der Waals surface area contributed by atoms with E-state index in [0.717, 1.165) is 30.0 Å². The highest BCUT2D eigenvalue weighted by atomic mass is 35.5. The summed E-state index contributed by atoms with van der Waals surface area (Å²) in [6.07, 6.45) is 5.25. The van der Waals surface area contributed by atoms with Crippen LogP contribution in [0.4, 0.5) is 14.5 Å². The van der Waals surface area contributed by atoms with Crippen molar-refractivity contribution in [2.45, 2.75) is 71.2 Å². The molecule has 0 saturated heterocycles. The summed E-state index contributed by atoms with van der Waals surface area (Å²) in [7, 11) is 0. The van der Waals surface area contributed by atoms with Crippen molar-refractivity contribution in [3.05, 3.63) is 75.5 Å². The third-order valence-corrected chi connectivity index (χ3v) is 9.53. The summed E-state index contributed by atoms with van der Waals surface area (Å²) in [6, 6.07) is 7.99. The van der Waals surface area contributed by atoms with Gasteiger partial charge in [-0.2, -0.15) is 8.78 Å². The molecule has 0 radical (unpaired) electrons. The lowest BCUT2D eigenvalue weighted by atomic mass is 10.0. The maximum atomic E-state index is 13.2. The van der Waals surface area contributed by atoms with Crippen molar-refractivity contribution in [3.63, 3.8) is 0 Å². The Labute approximate surface area is 328 Å². The summed E-state index contributed by atoms with van der Waals surface area (Å²) in [4.78, 5) is 43.0. The molecule has 0 amide bonds. The van der Waals surface area contributed by atoms with E-state index < -0.39 is 60.6 Å². The largest absolute Gasteiger partial charge is 0.491 e. The van der Waals surface area contributed by atoms with Gasteiger partial charge in [0.05, 0.1) is 34.5 Å². The van der Waals surface area contributed by atoms with E-state index in [9.17, 15) is 31.9 Å². The molecule has 298 valence electrons. The van der Waals surface area contributed by atoms with Gasteiger partial charge in [0, 0.05) is 18.8 Å². The summed E-state index contributed by atoms with van der Waals surface area (Å²) in [5, 5.41) is 0.362. The van der Waals surface area contributed by atoms with E-state index in [4.69, 9.17) is 46.9 Å². The second-order valence-corrected chi connectivity index (χ2v) is 15.7. The minimum atomic E-state index is -3.11. The van der Waals surface area contributed by atoms with Gasteiger partial charge < -0.3 is 28.4 Å². The van der Waals surface area contributed by atoms with Crippen LogP contribution in [0.1, 0.15) is 74.0 Å². The number of hydrogen-bond donors (Lipinski definition) is 1. The van der Waals surface area contributed by atoms with Crippen molar-refractivity contribution >= 4 is 58.1 Å². The molecule has 0 bridgehead atoms. The van der Waals surface area contributed by atoms with Crippen LogP contribution in [-0.2, 0) is 41.5 Å². The van der Waals surface area contributed by atoms with Crippen molar-refractivity contribution in [2.24, 2.45) is 11.8 Å². The van der Waals surface area contributed by atoms with Crippen molar-refractivity contribution in [1.82, 2.24) is 4.98 Å². The number of esters is 3. The number of halogens is 4. The number of aromatic nitrogens is 1. The molecule has 0 spiro atoms. The summed E-state index contributed by atoms with van der Waals surface area (Å²) in [5.74, 6) is -2.32. The molecule has 2 aliphatic carbocycles. The summed E-state index contributed by atoms with van der Waals surface area (Å²) < 4.78 is 82.4. The zero-order chi connectivity index (χ0) is 39.9. The standard InChI is InChI=1S/C37H40Cl2F2N2O11S/c1-37(2,3)54-33(44)17-43(55(47)48)28-10-8-24(13-31(28)49-18-21-4-5-21)35(46)51-20-34(45)52-30(14-25-26(38)15-42-16-27(25)39)23-9-11-29(53-36(40)41)32(12-23)50-19-22-6-7-22/h8-13,15-16,21-22,30,36H,4-7,14,17-20H2,1-3H3,(H,47,48). The lowest BCUT2D eigenvalue weighted by Crippen LogP contribution is -2.36. The van der Waals surface area contributed by atoms with Crippen LogP contribution in [0.5, 0.6) is 17.2 Å². The van der Waals surface area contributed by atoms with Crippen molar-refractivity contribution in [2.75, 3.05) is 30.7 Å². The van der Waals surface area contributed by atoms with E-state index in [-0.39, 0.29) is 70.0 Å². The number of ether oxygens (including phenoxy) is 6. The number of pyridine rings is 1. The molecule has 2 fully saturated rings. The molecule has 1 N–H and O–H groups in total. The monoisotopic (exact) mass is 828 g/mol. The average molecular weight is 830 g/mol. The number of rotatable bonds is 19. The first-order chi connectivity index (χ1) is 26.1. The first-order valence-electron chi connectivity index (χ1n) is 17.3. The highest BCUT2D eigenvalue weighted by molar-refractivity contribution is 7.80. The molecule has 2 unspecified atom stereocenters. The van der Waals surface area contributed by atoms with Crippen LogP contribution in [0.25, 0.3) is 0 Å². The maximum absolute atomic E-state index is 13.2.